The van der Waals surface area contributed by atoms with Crippen LogP contribution in [0.5, 0.6) is 5.75 Å². The Morgan fingerprint density at radius 2 is 0.973 bits per heavy atom. The number of halogens is 5. The molecular formula is C26H32BF5O3P2. The van der Waals surface area contributed by atoms with E-state index in [0.29, 0.717) is 0 Å². The summed E-state index contributed by atoms with van der Waals surface area (Å²) < 4.78 is 66.3. The van der Waals surface area contributed by atoms with Crippen LogP contribution in [0.25, 0.3) is 0 Å². The average Bonchev–Trinajstić information content (AvgIpc) is 2.91. The van der Waals surface area contributed by atoms with E-state index in [-0.39, 0.29) is 0 Å². The van der Waals surface area contributed by atoms with E-state index in [2.05, 4.69) is 79.2 Å². The molecular weight excluding hydrogens is 528 g/mol. The summed E-state index contributed by atoms with van der Waals surface area (Å²) in [5.74, 6) is -13.1. The molecule has 3 rings (SSSR count). The third-order valence-corrected chi connectivity index (χ3v) is 7.35. The number of benzene rings is 3. The van der Waals surface area contributed by atoms with Crippen molar-refractivity contribution in [3.63, 3.8) is 0 Å². The molecule has 0 heterocycles. The maximum Gasteiger partial charge on any atom is 0.707 e. The Bertz CT molecular complexity index is 957. The van der Waals surface area contributed by atoms with Crippen molar-refractivity contribution >= 4 is 35.1 Å². The predicted molar refractivity (Wildman–Crippen MR) is 145 cm³/mol. The minimum Gasteiger partial charge on any atom is -0.507 e. The molecule has 3 aromatic rings. The van der Waals surface area contributed by atoms with Gasteiger partial charge in [-0.05, 0) is 35.8 Å². The summed E-state index contributed by atoms with van der Waals surface area (Å²) in [6.07, 6.45) is 8.10. The summed E-state index contributed by atoms with van der Waals surface area (Å²) in [6.45, 7) is 4.49. The second-order valence-electron chi connectivity index (χ2n) is 7.64. The third-order valence-electron chi connectivity index (χ3n) is 4.66. The van der Waals surface area contributed by atoms with E-state index in [0.717, 1.165) is 17.2 Å². The van der Waals surface area contributed by atoms with Gasteiger partial charge in [-0.3, -0.25) is 0 Å². The summed E-state index contributed by atoms with van der Waals surface area (Å²) in [5.41, 5.74) is 0. The van der Waals surface area contributed by atoms with Crippen LogP contribution in [0.3, 0.4) is 0 Å². The van der Waals surface area contributed by atoms with Gasteiger partial charge in [-0.2, -0.15) is 8.78 Å². The lowest BCUT2D eigenvalue weighted by molar-refractivity contribution is 0.263. The molecule has 0 amide bonds. The van der Waals surface area contributed by atoms with Gasteiger partial charge in [-0.25, -0.2) is 13.2 Å². The van der Waals surface area contributed by atoms with Gasteiger partial charge in [0.05, 0.1) is 0 Å². The van der Waals surface area contributed by atoms with Crippen molar-refractivity contribution < 1.29 is 36.7 Å². The molecule has 0 saturated heterocycles. The largest absolute Gasteiger partial charge is 0.707 e. The van der Waals surface area contributed by atoms with E-state index < -0.39 is 42.2 Å². The van der Waals surface area contributed by atoms with Gasteiger partial charge in [0.1, 0.15) is 0 Å². The zero-order chi connectivity index (χ0) is 27.6. The van der Waals surface area contributed by atoms with E-state index >= 15 is 0 Å². The Morgan fingerprint density at radius 3 is 1.30 bits per heavy atom. The van der Waals surface area contributed by atoms with Crippen LogP contribution in [0.15, 0.2) is 60.7 Å². The number of unbranched alkanes of at least 4 members (excludes halogenated alkanes) is 2. The van der Waals surface area contributed by atoms with Gasteiger partial charge in [0.15, 0.2) is 5.75 Å². The van der Waals surface area contributed by atoms with E-state index in [4.69, 9.17) is 10.0 Å². The second kappa shape index (κ2) is 19.1. The Balaban J connectivity index is 0.000000283. The van der Waals surface area contributed by atoms with Crippen molar-refractivity contribution in [1.29, 1.82) is 0 Å². The van der Waals surface area contributed by atoms with Crippen molar-refractivity contribution in [3.8, 4) is 5.75 Å². The highest BCUT2D eigenvalue weighted by Crippen LogP contribution is 2.29. The lowest BCUT2D eigenvalue weighted by atomic mass is 10.2. The van der Waals surface area contributed by atoms with Crippen molar-refractivity contribution in [2.75, 3.05) is 12.3 Å². The number of rotatable bonds is 10. The zero-order valence-electron chi connectivity index (χ0n) is 20.8. The molecule has 37 heavy (non-hydrogen) atoms. The highest BCUT2D eigenvalue weighted by molar-refractivity contribution is 7.47. The molecule has 0 bridgehead atoms. The van der Waals surface area contributed by atoms with Crippen molar-refractivity contribution in [2.24, 2.45) is 0 Å². The monoisotopic (exact) mass is 560 g/mol. The molecule has 2 N–H and O–H groups in total. The maximum atomic E-state index is 12.7. The fourth-order valence-corrected chi connectivity index (χ4v) is 5.22. The average molecular weight is 560 g/mol. The molecule has 0 aromatic heterocycles. The molecule has 2 atom stereocenters. The standard InChI is InChI=1S/2C10H15P.C6H2BF5O3/c2*1-2-3-9-11-10-7-5-4-6-8-10;8-1-2(9)4(11)6(15-7(13)14)5(12)3(1)10/h2*4-8,11H,2-3,9H2,1H3;13-14H. The molecule has 0 aliphatic rings. The number of hydrogen-bond acceptors (Lipinski definition) is 3. The van der Waals surface area contributed by atoms with Crippen molar-refractivity contribution in [3.05, 3.63) is 89.7 Å². The van der Waals surface area contributed by atoms with Crippen molar-refractivity contribution in [1.82, 2.24) is 0 Å². The summed E-state index contributed by atoms with van der Waals surface area (Å²) in [7, 11) is -0.673. The van der Waals surface area contributed by atoms with E-state index in [1.54, 1.807) is 0 Å². The molecule has 0 aliphatic heterocycles. The quantitative estimate of drug-likeness (QED) is 0.0764. The fraction of sp³-hybridized carbons (Fsp3) is 0.308. The van der Waals surface area contributed by atoms with Crippen LogP contribution in [-0.4, -0.2) is 29.7 Å². The highest BCUT2D eigenvalue weighted by Gasteiger charge is 2.29. The summed E-state index contributed by atoms with van der Waals surface area (Å²) >= 11 is 0. The van der Waals surface area contributed by atoms with Crippen LogP contribution in [-0.2, 0) is 0 Å². The minimum atomic E-state index is -2.70. The van der Waals surface area contributed by atoms with Crippen LogP contribution in [0, 0.1) is 29.1 Å². The van der Waals surface area contributed by atoms with E-state index in [1.807, 2.05) is 0 Å². The van der Waals surface area contributed by atoms with Gasteiger partial charge < -0.3 is 14.7 Å². The van der Waals surface area contributed by atoms with Crippen LogP contribution < -0.4 is 15.3 Å². The molecule has 11 heteroatoms. The lowest BCUT2D eigenvalue weighted by Crippen LogP contribution is -2.23. The Morgan fingerprint density at radius 1 is 0.622 bits per heavy atom. The maximum absolute atomic E-state index is 12.7. The molecule has 3 aromatic carbocycles. The first-order valence-corrected chi connectivity index (χ1v) is 14.3. The Labute approximate surface area is 219 Å². The first-order valence-electron chi connectivity index (χ1n) is 11.8. The van der Waals surface area contributed by atoms with Crippen LogP contribution in [0.2, 0.25) is 0 Å². The summed E-state index contributed by atoms with van der Waals surface area (Å²) in [4.78, 5) is 0. The zero-order valence-corrected chi connectivity index (χ0v) is 22.8. The van der Waals surface area contributed by atoms with Gasteiger partial charge in [-0.15, -0.1) is 0 Å². The van der Waals surface area contributed by atoms with E-state index in [9.17, 15) is 22.0 Å². The Kier molecular flexibility index (Phi) is 17.0. The molecule has 202 valence electrons. The third kappa shape index (κ3) is 12.8. The lowest BCUT2D eigenvalue weighted by Gasteiger charge is -2.08. The summed E-state index contributed by atoms with van der Waals surface area (Å²) in [6, 6.07) is 21.5. The second-order valence-corrected chi connectivity index (χ2v) is 10.5. The normalized spacial score (nSPS) is 10.7. The fourth-order valence-electron chi connectivity index (χ4n) is 2.72. The predicted octanol–water partition coefficient (Wildman–Crippen LogP) is 6.31. The molecule has 0 radical (unpaired) electrons. The SMILES string of the molecule is CCCCPc1ccccc1.CCCCPc1ccccc1.OB(O)Oc1c(F)c(F)c(F)c(F)c1F. The van der Waals surface area contributed by atoms with Gasteiger partial charge in [-0.1, -0.05) is 105 Å². The Hall–Kier alpha value is -2.05. The van der Waals surface area contributed by atoms with Gasteiger partial charge in [0.2, 0.25) is 29.1 Å². The van der Waals surface area contributed by atoms with Gasteiger partial charge in [0, 0.05) is 0 Å². The first kappa shape index (κ1) is 33.0. The van der Waals surface area contributed by atoms with E-state index in [1.165, 1.54) is 48.6 Å². The van der Waals surface area contributed by atoms with Crippen LogP contribution >= 0.6 is 17.2 Å². The molecule has 0 spiro atoms. The van der Waals surface area contributed by atoms with Crippen LogP contribution in [0.4, 0.5) is 22.0 Å². The molecule has 0 saturated carbocycles. The topological polar surface area (TPSA) is 49.7 Å². The van der Waals surface area contributed by atoms with Gasteiger partial charge in [0.25, 0.3) is 0 Å². The molecule has 2 unspecified atom stereocenters. The molecule has 3 nitrogen and oxygen atoms in total. The first-order chi connectivity index (χ1) is 17.7. The van der Waals surface area contributed by atoms with Gasteiger partial charge >= 0.3 is 7.32 Å². The summed E-state index contributed by atoms with van der Waals surface area (Å²) in [5, 5.41) is 19.3. The minimum absolute atomic E-state index is 1.01. The van der Waals surface area contributed by atoms with Crippen molar-refractivity contribution in [2.45, 2.75) is 39.5 Å². The molecule has 0 aliphatic carbocycles. The van der Waals surface area contributed by atoms with Crippen LogP contribution in [0.1, 0.15) is 39.5 Å². The smallest absolute Gasteiger partial charge is 0.507 e. The molecule has 0 fully saturated rings. The highest BCUT2D eigenvalue weighted by atomic mass is 31.1. The number of hydrogen-bond donors (Lipinski definition) is 2.